The molecule has 0 heterocycles. The van der Waals surface area contributed by atoms with Crippen molar-refractivity contribution in [2.24, 2.45) is 11.7 Å². The smallest absolute Gasteiger partial charge is 0.226 e. The third-order valence-corrected chi connectivity index (χ3v) is 3.62. The van der Waals surface area contributed by atoms with Crippen molar-refractivity contribution in [3.05, 3.63) is 29.8 Å². The van der Waals surface area contributed by atoms with Crippen molar-refractivity contribution < 1.29 is 4.79 Å². The molecule has 0 atom stereocenters. The molecule has 17 heavy (non-hydrogen) atoms. The van der Waals surface area contributed by atoms with Crippen LogP contribution in [0.15, 0.2) is 24.3 Å². The van der Waals surface area contributed by atoms with Crippen LogP contribution in [0.25, 0.3) is 0 Å². The Morgan fingerprint density at radius 1 is 1.35 bits per heavy atom. The van der Waals surface area contributed by atoms with E-state index in [1.54, 1.807) is 4.90 Å². The molecule has 0 radical (unpaired) electrons. The fourth-order valence-corrected chi connectivity index (χ4v) is 2.08. The highest BCUT2D eigenvalue weighted by molar-refractivity contribution is 5.92. The summed E-state index contributed by atoms with van der Waals surface area (Å²) in [6, 6.07) is 7.87. The van der Waals surface area contributed by atoms with Crippen LogP contribution in [0.2, 0.25) is 0 Å². The Balaban J connectivity index is 1.96. The fraction of sp³-hybridized carbons (Fsp3) is 0.500. The molecule has 3 nitrogen and oxygen atoms in total. The summed E-state index contributed by atoms with van der Waals surface area (Å²) in [5, 5.41) is 0. The number of carbonyl (C=O) groups is 1. The van der Waals surface area contributed by atoms with Crippen LogP contribution in [-0.2, 0) is 11.3 Å². The maximum atomic E-state index is 12.0. The van der Waals surface area contributed by atoms with E-state index in [1.807, 2.05) is 31.3 Å². The molecule has 1 amide bonds. The molecular formula is C14H20N2O. The van der Waals surface area contributed by atoms with E-state index in [2.05, 4.69) is 0 Å². The second kappa shape index (κ2) is 5.32. The number of benzene rings is 1. The molecule has 0 spiro atoms. The van der Waals surface area contributed by atoms with E-state index in [-0.39, 0.29) is 5.91 Å². The molecule has 1 aliphatic rings. The van der Waals surface area contributed by atoms with Crippen LogP contribution in [0, 0.1) is 5.92 Å². The van der Waals surface area contributed by atoms with Gasteiger partial charge in [0.05, 0.1) is 0 Å². The molecule has 0 aliphatic heterocycles. The fourth-order valence-electron chi connectivity index (χ4n) is 2.08. The highest BCUT2D eigenvalue weighted by Gasteiger charge is 2.22. The van der Waals surface area contributed by atoms with Crippen molar-refractivity contribution in [2.75, 3.05) is 11.9 Å². The predicted octanol–water partition coefficient (Wildman–Crippen LogP) is 2.30. The minimum Gasteiger partial charge on any atom is -0.326 e. The molecule has 1 aromatic rings. The minimum atomic E-state index is 0.218. The Kier molecular flexibility index (Phi) is 3.79. The first-order valence-corrected chi connectivity index (χ1v) is 6.26. The summed E-state index contributed by atoms with van der Waals surface area (Å²) in [5.74, 6) is 0.837. The van der Waals surface area contributed by atoms with Gasteiger partial charge in [-0.05, 0) is 36.5 Å². The lowest BCUT2D eigenvalue weighted by Gasteiger charge is -2.27. The molecule has 0 aromatic heterocycles. The van der Waals surface area contributed by atoms with Crippen molar-refractivity contribution >= 4 is 11.6 Å². The zero-order chi connectivity index (χ0) is 12.3. The van der Waals surface area contributed by atoms with Gasteiger partial charge in [0.25, 0.3) is 0 Å². The molecule has 0 unspecified atom stereocenters. The third kappa shape index (κ3) is 2.86. The van der Waals surface area contributed by atoms with Crippen LogP contribution < -0.4 is 10.6 Å². The van der Waals surface area contributed by atoms with Gasteiger partial charge >= 0.3 is 0 Å². The van der Waals surface area contributed by atoms with Crippen molar-refractivity contribution in [1.82, 2.24) is 0 Å². The van der Waals surface area contributed by atoms with Gasteiger partial charge in [0.1, 0.15) is 0 Å². The SMILES string of the molecule is CN(C(=O)CC1CCC1)c1ccc(CN)cc1. The van der Waals surface area contributed by atoms with Gasteiger partial charge in [-0.3, -0.25) is 4.79 Å². The number of carbonyl (C=O) groups excluding carboxylic acids is 1. The molecule has 1 saturated carbocycles. The molecule has 1 fully saturated rings. The van der Waals surface area contributed by atoms with Crippen LogP contribution in [0.4, 0.5) is 5.69 Å². The standard InChI is InChI=1S/C14H20N2O/c1-16(14(17)9-11-3-2-4-11)13-7-5-12(10-15)6-8-13/h5-8,11H,2-4,9-10,15H2,1H3. The van der Waals surface area contributed by atoms with Crippen molar-refractivity contribution in [1.29, 1.82) is 0 Å². The van der Waals surface area contributed by atoms with Gasteiger partial charge in [-0.25, -0.2) is 0 Å². The monoisotopic (exact) mass is 232 g/mol. The van der Waals surface area contributed by atoms with E-state index in [0.29, 0.717) is 18.9 Å². The summed E-state index contributed by atoms with van der Waals surface area (Å²) < 4.78 is 0. The molecule has 1 aliphatic carbocycles. The molecule has 0 saturated heterocycles. The van der Waals surface area contributed by atoms with Gasteiger partial charge in [0.15, 0.2) is 0 Å². The van der Waals surface area contributed by atoms with Crippen LogP contribution >= 0.6 is 0 Å². The molecule has 0 bridgehead atoms. The van der Waals surface area contributed by atoms with Crippen LogP contribution in [-0.4, -0.2) is 13.0 Å². The molecule has 92 valence electrons. The van der Waals surface area contributed by atoms with Gasteiger partial charge in [-0.2, -0.15) is 0 Å². The summed E-state index contributed by atoms with van der Waals surface area (Å²) in [6.45, 7) is 0.542. The largest absolute Gasteiger partial charge is 0.326 e. The lowest BCUT2D eigenvalue weighted by Crippen LogP contribution is -2.29. The lowest BCUT2D eigenvalue weighted by atomic mass is 9.82. The number of anilines is 1. The first kappa shape index (κ1) is 12.1. The number of amides is 1. The van der Waals surface area contributed by atoms with Gasteiger partial charge in [0.2, 0.25) is 5.91 Å². The summed E-state index contributed by atoms with van der Waals surface area (Å²) in [5.41, 5.74) is 7.59. The van der Waals surface area contributed by atoms with Gasteiger partial charge in [0, 0.05) is 25.7 Å². The van der Waals surface area contributed by atoms with Crippen LogP contribution in [0.1, 0.15) is 31.2 Å². The second-order valence-electron chi connectivity index (χ2n) is 4.82. The number of hydrogen-bond acceptors (Lipinski definition) is 2. The van der Waals surface area contributed by atoms with Crippen molar-refractivity contribution in [3.63, 3.8) is 0 Å². The highest BCUT2D eigenvalue weighted by atomic mass is 16.2. The maximum Gasteiger partial charge on any atom is 0.226 e. The number of hydrogen-bond donors (Lipinski definition) is 1. The molecule has 3 heteroatoms. The van der Waals surface area contributed by atoms with Crippen molar-refractivity contribution in [2.45, 2.75) is 32.2 Å². The Morgan fingerprint density at radius 2 is 2.00 bits per heavy atom. The third-order valence-electron chi connectivity index (χ3n) is 3.62. The minimum absolute atomic E-state index is 0.218. The van der Waals surface area contributed by atoms with E-state index >= 15 is 0 Å². The number of nitrogens with zero attached hydrogens (tertiary/aromatic N) is 1. The number of nitrogens with two attached hydrogens (primary N) is 1. The average Bonchev–Trinajstić information content (AvgIpc) is 2.32. The second-order valence-corrected chi connectivity index (χ2v) is 4.82. The Bertz CT molecular complexity index is 382. The Labute approximate surface area is 103 Å². The van der Waals surface area contributed by atoms with E-state index < -0.39 is 0 Å². The predicted molar refractivity (Wildman–Crippen MR) is 69.7 cm³/mol. The van der Waals surface area contributed by atoms with Gasteiger partial charge < -0.3 is 10.6 Å². The quantitative estimate of drug-likeness (QED) is 0.865. The van der Waals surface area contributed by atoms with Crippen LogP contribution in [0.3, 0.4) is 0 Å². The topological polar surface area (TPSA) is 46.3 Å². The Hall–Kier alpha value is -1.35. The average molecular weight is 232 g/mol. The Morgan fingerprint density at radius 3 is 2.47 bits per heavy atom. The zero-order valence-corrected chi connectivity index (χ0v) is 10.4. The maximum absolute atomic E-state index is 12.0. The summed E-state index contributed by atoms with van der Waals surface area (Å²) in [7, 11) is 1.85. The first-order valence-electron chi connectivity index (χ1n) is 6.26. The summed E-state index contributed by atoms with van der Waals surface area (Å²) in [4.78, 5) is 13.8. The summed E-state index contributed by atoms with van der Waals surface area (Å²) >= 11 is 0. The first-order chi connectivity index (χ1) is 8.20. The zero-order valence-electron chi connectivity index (χ0n) is 10.4. The van der Waals surface area contributed by atoms with E-state index in [4.69, 9.17) is 5.73 Å². The highest BCUT2D eigenvalue weighted by Crippen LogP contribution is 2.30. The normalized spacial score (nSPS) is 15.4. The lowest BCUT2D eigenvalue weighted by molar-refractivity contribution is -0.119. The molecule has 2 rings (SSSR count). The molecule has 2 N–H and O–H groups in total. The molecule has 1 aromatic carbocycles. The molecular weight excluding hydrogens is 212 g/mol. The van der Waals surface area contributed by atoms with Gasteiger partial charge in [-0.15, -0.1) is 0 Å². The van der Waals surface area contributed by atoms with E-state index in [1.165, 1.54) is 19.3 Å². The number of rotatable bonds is 4. The van der Waals surface area contributed by atoms with Crippen LogP contribution in [0.5, 0.6) is 0 Å². The van der Waals surface area contributed by atoms with Gasteiger partial charge in [-0.1, -0.05) is 18.6 Å². The van der Waals surface area contributed by atoms with E-state index in [0.717, 1.165) is 11.3 Å². The van der Waals surface area contributed by atoms with E-state index in [9.17, 15) is 4.79 Å². The summed E-state index contributed by atoms with van der Waals surface area (Å²) in [6.07, 6.45) is 4.40. The van der Waals surface area contributed by atoms with Crippen molar-refractivity contribution in [3.8, 4) is 0 Å².